The quantitative estimate of drug-likeness (QED) is 0.0600. The summed E-state index contributed by atoms with van der Waals surface area (Å²) in [6.45, 7) is 3.99. The fraction of sp³-hybridized carbons (Fsp3) is 0.278. The summed E-state index contributed by atoms with van der Waals surface area (Å²) in [4.78, 5) is 54.9. The summed E-state index contributed by atoms with van der Waals surface area (Å²) in [6.07, 6.45) is 7.08. The normalized spacial score (nSPS) is 13.5. The maximum Gasteiger partial charge on any atom is 0.341 e. The highest BCUT2D eigenvalue weighted by molar-refractivity contribution is 8.00. The summed E-state index contributed by atoms with van der Waals surface area (Å²) in [5, 5.41) is 12.6. The molecule has 2 heterocycles. The lowest BCUT2D eigenvalue weighted by Crippen LogP contribution is -2.30. The Kier molecular flexibility index (Phi) is 12.0. The van der Waals surface area contributed by atoms with Crippen molar-refractivity contribution >= 4 is 74.9 Å². The Labute approximate surface area is 287 Å². The van der Waals surface area contributed by atoms with Crippen LogP contribution in [-0.4, -0.2) is 35.5 Å². The van der Waals surface area contributed by atoms with E-state index < -0.39 is 23.0 Å². The number of carbonyl (C=O) groups is 4. The summed E-state index contributed by atoms with van der Waals surface area (Å²) in [7, 11) is 0. The van der Waals surface area contributed by atoms with Gasteiger partial charge in [0.1, 0.15) is 10.7 Å². The molecule has 0 radical (unpaired) electrons. The van der Waals surface area contributed by atoms with Crippen molar-refractivity contribution in [3.8, 4) is 0 Å². The van der Waals surface area contributed by atoms with Gasteiger partial charge in [-0.1, -0.05) is 37.6 Å². The van der Waals surface area contributed by atoms with Crippen molar-refractivity contribution in [2.45, 2.75) is 62.5 Å². The minimum atomic E-state index is -0.476. The van der Waals surface area contributed by atoms with Crippen molar-refractivity contribution < 1.29 is 23.9 Å². The smallest absolute Gasteiger partial charge is 0.341 e. The molecule has 3 N–H and O–H groups in total. The molecule has 3 amide bonds. The van der Waals surface area contributed by atoms with E-state index in [0.29, 0.717) is 28.2 Å². The van der Waals surface area contributed by atoms with Gasteiger partial charge >= 0.3 is 5.97 Å². The number of nitrogens with one attached hydrogen (secondary N) is 3. The number of anilines is 2. The molecule has 5 rings (SSSR count). The Bertz CT molecular complexity index is 1750. The number of thioether (sulfide) groups is 1. The zero-order valence-electron chi connectivity index (χ0n) is 26.3. The number of aryl methyl sites for hydroxylation is 1. The zero-order valence-corrected chi connectivity index (χ0v) is 28.7. The van der Waals surface area contributed by atoms with Crippen LogP contribution in [-0.2, 0) is 27.2 Å². The highest BCUT2D eigenvalue weighted by atomic mass is 32.2. The van der Waals surface area contributed by atoms with Crippen molar-refractivity contribution in [1.29, 1.82) is 0 Å². The number of esters is 1. The highest BCUT2D eigenvalue weighted by Crippen LogP contribution is 2.39. The first-order valence-corrected chi connectivity index (χ1v) is 18.3. The van der Waals surface area contributed by atoms with Crippen LogP contribution in [0.15, 0.2) is 82.0 Å². The van der Waals surface area contributed by atoms with E-state index in [1.54, 1.807) is 49.4 Å². The predicted molar refractivity (Wildman–Crippen MR) is 191 cm³/mol. The molecule has 47 heavy (non-hydrogen) atoms. The second-order valence-corrected chi connectivity index (χ2v) is 14.1. The van der Waals surface area contributed by atoms with Crippen LogP contribution in [0.25, 0.3) is 6.08 Å². The van der Waals surface area contributed by atoms with Crippen LogP contribution in [0.3, 0.4) is 0 Å². The van der Waals surface area contributed by atoms with Crippen molar-refractivity contribution in [1.82, 2.24) is 5.32 Å². The lowest BCUT2D eigenvalue weighted by Gasteiger charge is -2.16. The fourth-order valence-corrected chi connectivity index (χ4v) is 8.15. The second-order valence-electron chi connectivity index (χ2n) is 10.9. The number of benzene rings is 2. The van der Waals surface area contributed by atoms with Crippen LogP contribution < -0.4 is 16.0 Å². The van der Waals surface area contributed by atoms with Crippen molar-refractivity contribution in [3.63, 3.8) is 0 Å². The molecule has 1 aliphatic carbocycles. The van der Waals surface area contributed by atoms with E-state index in [1.807, 2.05) is 41.9 Å². The minimum absolute atomic E-state index is 0.105. The molecular formula is C36H37N3O5S3. The van der Waals surface area contributed by atoms with Crippen LogP contribution in [0, 0.1) is 0 Å². The Balaban J connectivity index is 1.30. The average Bonchev–Trinajstić information content (AvgIpc) is 3.65. The topological polar surface area (TPSA) is 114 Å². The molecule has 1 unspecified atom stereocenters. The molecule has 0 aliphatic heterocycles. The lowest BCUT2D eigenvalue weighted by atomic mass is 10.1. The third-order valence-corrected chi connectivity index (χ3v) is 10.8. The van der Waals surface area contributed by atoms with Crippen molar-refractivity contribution in [3.05, 3.63) is 104 Å². The molecule has 2 aromatic carbocycles. The molecule has 11 heteroatoms. The van der Waals surface area contributed by atoms with Gasteiger partial charge in [0.2, 0.25) is 5.91 Å². The number of rotatable bonds is 12. The lowest BCUT2D eigenvalue weighted by molar-refractivity contribution is -0.116. The molecule has 0 saturated carbocycles. The molecule has 0 saturated heterocycles. The molecular weight excluding hydrogens is 651 g/mol. The predicted octanol–water partition coefficient (Wildman–Crippen LogP) is 8.17. The van der Waals surface area contributed by atoms with Gasteiger partial charge in [-0.15, -0.1) is 23.1 Å². The first kappa shape index (κ1) is 34.2. The van der Waals surface area contributed by atoms with Crippen LogP contribution in [0.4, 0.5) is 10.7 Å². The highest BCUT2D eigenvalue weighted by Gasteiger charge is 2.28. The minimum Gasteiger partial charge on any atom is -0.462 e. The molecule has 0 fully saturated rings. The molecule has 1 atom stereocenters. The third-order valence-electron chi connectivity index (χ3n) is 7.55. The number of amides is 3. The molecule has 8 nitrogen and oxygen atoms in total. The van der Waals surface area contributed by atoms with Gasteiger partial charge in [-0.25, -0.2) is 4.79 Å². The van der Waals surface area contributed by atoms with Gasteiger partial charge in [0.05, 0.1) is 17.4 Å². The van der Waals surface area contributed by atoms with E-state index in [1.165, 1.54) is 34.4 Å². The third kappa shape index (κ3) is 9.00. The number of ether oxygens (including phenoxy) is 1. The standard InChI is InChI=1S/C36H37N3O5S3/c1-3-29(34(42)39-35-31(36(43)44-4-2)27-16-9-6-10-17-30(27)47-35)46-26-15-11-14-25(21-26)37-33(41)28(20-23-18-19-45-22-23)38-32(40)24-12-7-5-8-13-24/h5,7-8,11-15,18-22,29H,3-4,6,9-10,16-17H2,1-2H3,(H,37,41)(H,38,40)(H,39,42)/b28-20-. The molecule has 2 aromatic heterocycles. The Hall–Kier alpha value is -4.19. The Morgan fingerprint density at radius 1 is 0.957 bits per heavy atom. The number of fused-ring (bicyclic) bond motifs is 1. The SMILES string of the molecule is CCOC(=O)c1c(NC(=O)C(CC)Sc2cccc(NC(=O)/C(=C/c3ccsc3)NC(=O)c3ccccc3)c2)sc2c1CCCCC2. The maximum atomic E-state index is 13.6. The summed E-state index contributed by atoms with van der Waals surface area (Å²) in [5.41, 5.74) is 3.37. The van der Waals surface area contributed by atoms with Crippen LogP contribution in [0.1, 0.15) is 76.3 Å². The zero-order chi connectivity index (χ0) is 33.2. The van der Waals surface area contributed by atoms with E-state index in [9.17, 15) is 19.2 Å². The number of hydrogen-bond donors (Lipinski definition) is 3. The van der Waals surface area contributed by atoms with Gasteiger partial charge in [0.25, 0.3) is 11.8 Å². The summed E-state index contributed by atoms with van der Waals surface area (Å²) in [6, 6.07) is 17.8. The number of hydrogen-bond acceptors (Lipinski definition) is 8. The first-order chi connectivity index (χ1) is 22.9. The monoisotopic (exact) mass is 687 g/mol. The molecule has 4 aromatic rings. The van der Waals surface area contributed by atoms with E-state index in [2.05, 4.69) is 16.0 Å². The molecule has 1 aliphatic rings. The molecule has 0 bridgehead atoms. The largest absolute Gasteiger partial charge is 0.462 e. The van der Waals surface area contributed by atoms with Gasteiger partial charge in [0, 0.05) is 21.0 Å². The average molecular weight is 688 g/mol. The van der Waals surface area contributed by atoms with Gasteiger partial charge in [-0.3, -0.25) is 14.4 Å². The van der Waals surface area contributed by atoms with Crippen molar-refractivity contribution in [2.75, 3.05) is 17.2 Å². The van der Waals surface area contributed by atoms with E-state index in [4.69, 9.17) is 4.74 Å². The van der Waals surface area contributed by atoms with Gasteiger partial charge in [-0.05, 0) is 103 Å². The van der Waals surface area contributed by atoms with E-state index in [-0.39, 0.29) is 18.2 Å². The molecule has 0 spiro atoms. The number of carbonyl (C=O) groups excluding carboxylic acids is 4. The van der Waals surface area contributed by atoms with Gasteiger partial charge in [-0.2, -0.15) is 11.3 Å². The van der Waals surface area contributed by atoms with E-state index >= 15 is 0 Å². The summed E-state index contributed by atoms with van der Waals surface area (Å²) >= 11 is 4.36. The van der Waals surface area contributed by atoms with Gasteiger partial charge in [0.15, 0.2) is 0 Å². The Morgan fingerprint density at radius 3 is 2.51 bits per heavy atom. The van der Waals surface area contributed by atoms with Gasteiger partial charge < -0.3 is 20.7 Å². The first-order valence-electron chi connectivity index (χ1n) is 15.7. The molecule has 244 valence electrons. The summed E-state index contributed by atoms with van der Waals surface area (Å²) < 4.78 is 5.38. The van der Waals surface area contributed by atoms with Crippen LogP contribution >= 0.6 is 34.4 Å². The van der Waals surface area contributed by atoms with Crippen molar-refractivity contribution in [2.24, 2.45) is 0 Å². The summed E-state index contributed by atoms with van der Waals surface area (Å²) in [5.74, 6) is -1.45. The van der Waals surface area contributed by atoms with Crippen LogP contribution in [0.2, 0.25) is 0 Å². The maximum absolute atomic E-state index is 13.6. The number of thiophene rings is 2. The Morgan fingerprint density at radius 2 is 1.77 bits per heavy atom. The second kappa shape index (κ2) is 16.6. The van der Waals surface area contributed by atoms with Crippen LogP contribution in [0.5, 0.6) is 0 Å². The fourth-order valence-electron chi connectivity index (χ4n) is 5.24. The van der Waals surface area contributed by atoms with E-state index in [0.717, 1.165) is 53.0 Å².